The Labute approximate surface area is 156 Å². The topological polar surface area (TPSA) is 87.7 Å². The highest BCUT2D eigenvalue weighted by atomic mass is 19.2. The zero-order chi connectivity index (χ0) is 20.2. The average Bonchev–Trinajstić information content (AvgIpc) is 2.81. The van der Waals surface area contributed by atoms with Crippen molar-refractivity contribution in [3.8, 4) is 0 Å². The number of carbonyl (C=O) groups is 3. The summed E-state index contributed by atoms with van der Waals surface area (Å²) >= 11 is 0. The van der Waals surface area contributed by atoms with E-state index in [-0.39, 0.29) is 11.7 Å². The third-order valence-corrected chi connectivity index (χ3v) is 4.17. The van der Waals surface area contributed by atoms with Crippen molar-refractivity contribution in [2.24, 2.45) is 0 Å². The molecule has 0 aromatic heterocycles. The Morgan fingerprint density at radius 2 is 2.00 bits per heavy atom. The van der Waals surface area contributed by atoms with Crippen LogP contribution in [-0.2, 0) is 19.9 Å². The van der Waals surface area contributed by atoms with E-state index in [9.17, 15) is 23.2 Å². The Morgan fingerprint density at radius 3 is 2.63 bits per heavy atom. The summed E-state index contributed by atoms with van der Waals surface area (Å²) in [6, 6.07) is 2.18. The first-order chi connectivity index (χ1) is 12.6. The molecule has 0 aliphatic carbocycles. The summed E-state index contributed by atoms with van der Waals surface area (Å²) in [5, 5.41) is 5.04. The highest BCUT2D eigenvalue weighted by Gasteiger charge is 2.49. The lowest BCUT2D eigenvalue weighted by molar-refractivity contribution is -0.134. The molecule has 0 bridgehead atoms. The number of nitrogens with zero attached hydrogens (tertiary/aromatic N) is 1. The van der Waals surface area contributed by atoms with Crippen LogP contribution in [0.15, 0.2) is 18.2 Å². The maximum absolute atomic E-state index is 13.5. The van der Waals surface area contributed by atoms with Gasteiger partial charge in [0.2, 0.25) is 5.91 Å². The third-order valence-electron chi connectivity index (χ3n) is 4.17. The maximum Gasteiger partial charge on any atom is 0.325 e. The van der Waals surface area contributed by atoms with Gasteiger partial charge in [0.1, 0.15) is 12.1 Å². The Morgan fingerprint density at radius 1 is 1.30 bits per heavy atom. The summed E-state index contributed by atoms with van der Waals surface area (Å²) in [5.74, 6) is -3.40. The fourth-order valence-electron chi connectivity index (χ4n) is 2.66. The normalized spacial score (nSPS) is 19.6. The first-order valence-corrected chi connectivity index (χ1v) is 8.63. The molecule has 1 atom stereocenters. The van der Waals surface area contributed by atoms with Crippen molar-refractivity contribution in [3.63, 3.8) is 0 Å². The second-order valence-electron chi connectivity index (χ2n) is 6.70. The summed E-state index contributed by atoms with van der Waals surface area (Å²) in [6.45, 7) is 5.54. The van der Waals surface area contributed by atoms with Crippen molar-refractivity contribution < 1.29 is 27.9 Å². The van der Waals surface area contributed by atoms with E-state index in [1.54, 1.807) is 0 Å². The number of ether oxygens (including phenoxy) is 1. The molecule has 1 aliphatic rings. The number of imide groups is 1. The van der Waals surface area contributed by atoms with Crippen LogP contribution in [0.2, 0.25) is 0 Å². The van der Waals surface area contributed by atoms with Crippen LogP contribution < -0.4 is 10.6 Å². The zero-order valence-electron chi connectivity index (χ0n) is 15.5. The molecule has 1 fully saturated rings. The lowest BCUT2D eigenvalue weighted by atomic mass is 9.92. The largest absolute Gasteiger partial charge is 0.379 e. The molecule has 27 heavy (non-hydrogen) atoms. The quantitative estimate of drug-likeness (QED) is 0.528. The molecule has 9 heteroatoms. The number of urea groups is 1. The van der Waals surface area contributed by atoms with Crippen LogP contribution in [0.3, 0.4) is 0 Å². The van der Waals surface area contributed by atoms with E-state index in [2.05, 4.69) is 10.6 Å². The van der Waals surface area contributed by atoms with E-state index in [0.717, 1.165) is 17.0 Å². The first kappa shape index (κ1) is 20.8. The summed E-state index contributed by atoms with van der Waals surface area (Å²) in [5.41, 5.74) is -1.48. The predicted octanol–water partition coefficient (Wildman–Crippen LogP) is 1.66. The zero-order valence-corrected chi connectivity index (χ0v) is 15.5. The molecule has 0 saturated carbocycles. The fourth-order valence-corrected chi connectivity index (χ4v) is 2.66. The summed E-state index contributed by atoms with van der Waals surface area (Å²) < 4.78 is 32.0. The van der Waals surface area contributed by atoms with Crippen molar-refractivity contribution in [1.29, 1.82) is 0 Å². The molecule has 1 saturated heterocycles. The second kappa shape index (κ2) is 8.43. The minimum absolute atomic E-state index is 0.0912. The van der Waals surface area contributed by atoms with Gasteiger partial charge in [0.15, 0.2) is 11.6 Å². The standard InChI is InChI=1S/C18H23F2N3O4/c1-11(2)27-8-4-7-21-15(24)10-23-16(25)18(3,22-17(23)26)12-5-6-13(19)14(20)9-12/h5-6,9,11H,4,7-8,10H2,1-3H3,(H,21,24)(H,22,26). The lowest BCUT2D eigenvalue weighted by Crippen LogP contribution is -2.43. The molecule has 1 aliphatic heterocycles. The van der Waals surface area contributed by atoms with Crippen LogP contribution in [0.4, 0.5) is 13.6 Å². The van der Waals surface area contributed by atoms with Crippen molar-refractivity contribution in [2.75, 3.05) is 19.7 Å². The van der Waals surface area contributed by atoms with E-state index in [4.69, 9.17) is 4.74 Å². The number of halogens is 2. The molecule has 2 N–H and O–H groups in total. The number of hydrogen-bond acceptors (Lipinski definition) is 4. The summed E-state index contributed by atoms with van der Waals surface area (Å²) in [6.07, 6.45) is 0.692. The SMILES string of the molecule is CC(C)OCCCNC(=O)CN1C(=O)NC(C)(c2ccc(F)c(F)c2)C1=O. The number of hydrogen-bond donors (Lipinski definition) is 2. The van der Waals surface area contributed by atoms with Crippen molar-refractivity contribution in [1.82, 2.24) is 15.5 Å². The molecule has 7 nitrogen and oxygen atoms in total. The van der Waals surface area contributed by atoms with Crippen molar-refractivity contribution in [2.45, 2.75) is 38.8 Å². The molecule has 1 aromatic carbocycles. The Hall–Kier alpha value is -2.55. The number of nitrogens with one attached hydrogen (secondary N) is 2. The Kier molecular flexibility index (Phi) is 6.48. The number of benzene rings is 1. The summed E-state index contributed by atoms with van der Waals surface area (Å²) in [4.78, 5) is 37.5. The van der Waals surface area contributed by atoms with Gasteiger partial charge in [-0.3, -0.25) is 14.5 Å². The van der Waals surface area contributed by atoms with Gasteiger partial charge in [-0.1, -0.05) is 6.07 Å². The van der Waals surface area contributed by atoms with E-state index < -0.39 is 41.6 Å². The highest BCUT2D eigenvalue weighted by molar-refractivity contribution is 6.09. The lowest BCUT2D eigenvalue weighted by Gasteiger charge is -2.22. The molecule has 0 spiro atoms. The van der Waals surface area contributed by atoms with E-state index in [0.29, 0.717) is 19.6 Å². The van der Waals surface area contributed by atoms with Gasteiger partial charge in [0.05, 0.1) is 6.10 Å². The summed E-state index contributed by atoms with van der Waals surface area (Å²) in [7, 11) is 0. The van der Waals surface area contributed by atoms with Gasteiger partial charge in [-0.05, 0) is 44.9 Å². The van der Waals surface area contributed by atoms with Crippen LogP contribution in [0, 0.1) is 11.6 Å². The van der Waals surface area contributed by atoms with Gasteiger partial charge in [0.25, 0.3) is 5.91 Å². The number of rotatable bonds is 8. The maximum atomic E-state index is 13.5. The Balaban J connectivity index is 1.97. The van der Waals surface area contributed by atoms with E-state index in [1.165, 1.54) is 13.0 Å². The van der Waals surface area contributed by atoms with Gasteiger partial charge in [-0.2, -0.15) is 0 Å². The number of carbonyl (C=O) groups excluding carboxylic acids is 3. The molecular weight excluding hydrogens is 360 g/mol. The van der Waals surface area contributed by atoms with Crippen LogP contribution in [0.5, 0.6) is 0 Å². The van der Waals surface area contributed by atoms with Crippen molar-refractivity contribution in [3.05, 3.63) is 35.4 Å². The smallest absolute Gasteiger partial charge is 0.325 e. The third kappa shape index (κ3) is 4.79. The average molecular weight is 383 g/mol. The van der Waals surface area contributed by atoms with Crippen LogP contribution in [-0.4, -0.2) is 48.5 Å². The molecule has 1 aromatic rings. The number of amides is 4. The molecular formula is C18H23F2N3O4. The minimum Gasteiger partial charge on any atom is -0.379 e. The molecule has 0 radical (unpaired) electrons. The second-order valence-corrected chi connectivity index (χ2v) is 6.70. The van der Waals surface area contributed by atoms with Crippen molar-refractivity contribution >= 4 is 17.8 Å². The molecule has 2 rings (SSSR count). The van der Waals surface area contributed by atoms with Gasteiger partial charge in [0, 0.05) is 13.2 Å². The van der Waals surface area contributed by atoms with Gasteiger partial charge >= 0.3 is 6.03 Å². The monoisotopic (exact) mass is 383 g/mol. The van der Waals surface area contributed by atoms with Crippen LogP contribution in [0.1, 0.15) is 32.8 Å². The Bertz CT molecular complexity index is 741. The van der Waals surface area contributed by atoms with Gasteiger partial charge < -0.3 is 15.4 Å². The van der Waals surface area contributed by atoms with E-state index >= 15 is 0 Å². The van der Waals surface area contributed by atoms with E-state index in [1.807, 2.05) is 13.8 Å². The minimum atomic E-state index is -1.57. The van der Waals surface area contributed by atoms with Crippen LogP contribution in [0.25, 0.3) is 0 Å². The molecule has 1 heterocycles. The predicted molar refractivity (Wildman–Crippen MR) is 92.7 cm³/mol. The first-order valence-electron chi connectivity index (χ1n) is 8.63. The molecule has 148 valence electrons. The molecule has 1 unspecified atom stereocenters. The highest BCUT2D eigenvalue weighted by Crippen LogP contribution is 2.29. The molecule has 4 amide bonds. The van der Waals surface area contributed by atoms with Gasteiger partial charge in [-0.25, -0.2) is 13.6 Å². The van der Waals surface area contributed by atoms with Gasteiger partial charge in [-0.15, -0.1) is 0 Å². The van der Waals surface area contributed by atoms with Crippen LogP contribution >= 0.6 is 0 Å². The fraction of sp³-hybridized carbons (Fsp3) is 0.500.